The van der Waals surface area contributed by atoms with Crippen molar-refractivity contribution >= 4 is 22.4 Å². The van der Waals surface area contributed by atoms with Crippen molar-refractivity contribution in [2.24, 2.45) is 0 Å². The number of amides is 1. The number of hydrogen-bond donors (Lipinski definition) is 2. The Labute approximate surface area is 124 Å². The molecule has 0 unspecified atom stereocenters. The number of fused-ring (bicyclic) bond motifs is 1. The number of aliphatic hydroxyl groups excluding tert-OH is 1. The van der Waals surface area contributed by atoms with Crippen LogP contribution in [0.3, 0.4) is 0 Å². The third-order valence-electron chi connectivity index (χ3n) is 4.27. The van der Waals surface area contributed by atoms with Gasteiger partial charge in [0.25, 0.3) is 5.91 Å². The normalized spacial score (nSPS) is 14.9. The molecule has 21 heavy (non-hydrogen) atoms. The molecule has 1 amide bonds. The van der Waals surface area contributed by atoms with Crippen LogP contribution in [0.4, 0.5) is 5.69 Å². The third-order valence-corrected chi connectivity index (χ3v) is 4.27. The smallest absolute Gasteiger partial charge is 0.256 e. The standard InChI is InChI=1S/C17H20N2O2/c18-16-11-13-5-2-1-4-12(13)10-15(16)17(21)19(8-9-20)14-6-3-7-14/h1-2,4-5,10-11,14,20H,3,6-9,18H2. The molecule has 2 aromatic rings. The van der Waals surface area contributed by atoms with Gasteiger partial charge in [-0.05, 0) is 42.2 Å². The number of nitrogens with two attached hydrogens (primary N) is 1. The van der Waals surface area contributed by atoms with Gasteiger partial charge in [0.1, 0.15) is 0 Å². The summed E-state index contributed by atoms with van der Waals surface area (Å²) in [5.41, 5.74) is 7.11. The number of carbonyl (C=O) groups excluding carboxylic acids is 1. The van der Waals surface area contributed by atoms with Crippen LogP contribution < -0.4 is 5.73 Å². The van der Waals surface area contributed by atoms with E-state index >= 15 is 0 Å². The second-order valence-electron chi connectivity index (χ2n) is 5.59. The number of hydrogen-bond acceptors (Lipinski definition) is 3. The van der Waals surface area contributed by atoms with Crippen LogP contribution in [0.1, 0.15) is 29.6 Å². The molecule has 0 heterocycles. The van der Waals surface area contributed by atoms with E-state index in [9.17, 15) is 9.90 Å². The molecule has 0 spiro atoms. The summed E-state index contributed by atoms with van der Waals surface area (Å²) in [6.07, 6.45) is 3.17. The molecule has 1 aliphatic carbocycles. The highest BCUT2D eigenvalue weighted by Crippen LogP contribution is 2.29. The Bertz CT molecular complexity index is 665. The second kappa shape index (κ2) is 5.74. The minimum absolute atomic E-state index is 0.0181. The zero-order valence-electron chi connectivity index (χ0n) is 12.0. The van der Waals surface area contributed by atoms with Crippen LogP contribution in [-0.2, 0) is 0 Å². The Kier molecular flexibility index (Phi) is 3.80. The quantitative estimate of drug-likeness (QED) is 0.847. The van der Waals surface area contributed by atoms with Crippen LogP contribution in [-0.4, -0.2) is 35.1 Å². The molecular weight excluding hydrogens is 264 g/mol. The summed E-state index contributed by atoms with van der Waals surface area (Å²) in [7, 11) is 0. The average Bonchev–Trinajstić information content (AvgIpc) is 2.43. The number of nitrogens with zero attached hydrogens (tertiary/aromatic N) is 1. The first kappa shape index (κ1) is 13.9. The molecular formula is C17H20N2O2. The fraction of sp³-hybridized carbons (Fsp3) is 0.353. The first-order valence-corrected chi connectivity index (χ1v) is 7.41. The van der Waals surface area contributed by atoms with Crippen molar-refractivity contribution in [2.45, 2.75) is 25.3 Å². The van der Waals surface area contributed by atoms with E-state index in [2.05, 4.69) is 0 Å². The van der Waals surface area contributed by atoms with Gasteiger partial charge in [0.05, 0.1) is 12.2 Å². The average molecular weight is 284 g/mol. The Morgan fingerprint density at radius 3 is 2.48 bits per heavy atom. The van der Waals surface area contributed by atoms with Gasteiger partial charge in [-0.1, -0.05) is 24.3 Å². The molecule has 2 aromatic carbocycles. The first-order valence-electron chi connectivity index (χ1n) is 7.41. The Hall–Kier alpha value is -2.07. The predicted octanol–water partition coefficient (Wildman–Crippen LogP) is 2.41. The van der Waals surface area contributed by atoms with Crippen molar-refractivity contribution in [1.29, 1.82) is 0 Å². The van der Waals surface area contributed by atoms with E-state index in [4.69, 9.17) is 5.73 Å². The predicted molar refractivity (Wildman–Crippen MR) is 84.1 cm³/mol. The fourth-order valence-corrected chi connectivity index (χ4v) is 2.85. The van der Waals surface area contributed by atoms with Crippen LogP contribution in [0.25, 0.3) is 10.8 Å². The van der Waals surface area contributed by atoms with E-state index in [1.54, 1.807) is 4.90 Å². The fourth-order valence-electron chi connectivity index (χ4n) is 2.85. The van der Waals surface area contributed by atoms with Gasteiger partial charge in [-0.2, -0.15) is 0 Å². The molecule has 3 rings (SSSR count). The first-order chi connectivity index (χ1) is 10.2. The van der Waals surface area contributed by atoms with E-state index < -0.39 is 0 Å². The highest BCUT2D eigenvalue weighted by atomic mass is 16.3. The minimum atomic E-state index is -0.0722. The zero-order valence-corrected chi connectivity index (χ0v) is 12.0. The maximum Gasteiger partial charge on any atom is 0.256 e. The van der Waals surface area contributed by atoms with Crippen molar-refractivity contribution in [1.82, 2.24) is 4.90 Å². The third kappa shape index (κ3) is 2.59. The summed E-state index contributed by atoms with van der Waals surface area (Å²) in [6, 6.07) is 11.8. The van der Waals surface area contributed by atoms with Gasteiger partial charge >= 0.3 is 0 Å². The molecule has 1 saturated carbocycles. The van der Waals surface area contributed by atoms with Gasteiger partial charge in [-0.3, -0.25) is 4.79 Å². The van der Waals surface area contributed by atoms with E-state index in [1.165, 1.54) is 0 Å². The van der Waals surface area contributed by atoms with Crippen LogP contribution in [0.5, 0.6) is 0 Å². The van der Waals surface area contributed by atoms with Gasteiger partial charge in [0.2, 0.25) is 0 Å². The molecule has 1 fully saturated rings. The molecule has 1 aliphatic rings. The van der Waals surface area contributed by atoms with Crippen molar-refractivity contribution < 1.29 is 9.90 Å². The second-order valence-corrected chi connectivity index (χ2v) is 5.59. The molecule has 0 aliphatic heterocycles. The summed E-state index contributed by atoms with van der Waals surface area (Å²) < 4.78 is 0. The van der Waals surface area contributed by atoms with Crippen LogP contribution in [0, 0.1) is 0 Å². The maximum absolute atomic E-state index is 12.8. The summed E-state index contributed by atoms with van der Waals surface area (Å²) in [5, 5.41) is 11.3. The van der Waals surface area contributed by atoms with Gasteiger partial charge in [0, 0.05) is 18.3 Å². The van der Waals surface area contributed by atoms with Gasteiger partial charge in [0.15, 0.2) is 0 Å². The van der Waals surface area contributed by atoms with Gasteiger partial charge in [-0.25, -0.2) is 0 Å². The Morgan fingerprint density at radius 1 is 1.24 bits per heavy atom. The lowest BCUT2D eigenvalue weighted by Crippen LogP contribution is -2.45. The molecule has 0 saturated heterocycles. The lowest BCUT2D eigenvalue weighted by atomic mass is 9.90. The zero-order chi connectivity index (χ0) is 14.8. The van der Waals surface area contributed by atoms with E-state index in [0.717, 1.165) is 30.0 Å². The summed E-state index contributed by atoms with van der Waals surface area (Å²) >= 11 is 0. The van der Waals surface area contributed by atoms with Crippen LogP contribution >= 0.6 is 0 Å². The highest BCUT2D eigenvalue weighted by molar-refractivity contribution is 6.04. The van der Waals surface area contributed by atoms with Crippen molar-refractivity contribution in [2.75, 3.05) is 18.9 Å². The minimum Gasteiger partial charge on any atom is -0.398 e. The molecule has 0 aromatic heterocycles. The van der Waals surface area contributed by atoms with Gasteiger partial charge in [-0.15, -0.1) is 0 Å². The highest BCUT2D eigenvalue weighted by Gasteiger charge is 2.29. The summed E-state index contributed by atoms with van der Waals surface area (Å²) in [6.45, 7) is 0.353. The number of benzene rings is 2. The number of carbonyl (C=O) groups is 1. The molecule has 110 valence electrons. The number of anilines is 1. The lowest BCUT2D eigenvalue weighted by Gasteiger charge is -2.37. The van der Waals surface area contributed by atoms with E-state index in [-0.39, 0.29) is 18.6 Å². The monoisotopic (exact) mass is 284 g/mol. The van der Waals surface area contributed by atoms with Crippen molar-refractivity contribution in [3.8, 4) is 0 Å². The van der Waals surface area contributed by atoms with E-state index in [0.29, 0.717) is 17.8 Å². The van der Waals surface area contributed by atoms with Gasteiger partial charge < -0.3 is 15.7 Å². The maximum atomic E-state index is 12.8. The summed E-state index contributed by atoms with van der Waals surface area (Å²) in [5.74, 6) is -0.0722. The Balaban J connectivity index is 1.97. The number of rotatable bonds is 4. The van der Waals surface area contributed by atoms with Crippen LogP contribution in [0.15, 0.2) is 36.4 Å². The van der Waals surface area contributed by atoms with Crippen LogP contribution in [0.2, 0.25) is 0 Å². The largest absolute Gasteiger partial charge is 0.398 e. The molecule has 3 N–H and O–H groups in total. The SMILES string of the molecule is Nc1cc2ccccc2cc1C(=O)N(CCO)C1CCC1. The molecule has 0 radical (unpaired) electrons. The lowest BCUT2D eigenvalue weighted by molar-refractivity contribution is 0.0527. The molecule has 4 heteroatoms. The number of aliphatic hydroxyl groups is 1. The Morgan fingerprint density at radius 2 is 1.90 bits per heavy atom. The van der Waals surface area contributed by atoms with Crippen molar-refractivity contribution in [3.05, 3.63) is 42.0 Å². The molecule has 0 bridgehead atoms. The molecule has 0 atom stereocenters. The van der Waals surface area contributed by atoms with Crippen molar-refractivity contribution in [3.63, 3.8) is 0 Å². The number of nitrogen functional groups attached to an aromatic ring is 1. The molecule has 4 nitrogen and oxygen atoms in total. The summed E-state index contributed by atoms with van der Waals surface area (Å²) in [4.78, 5) is 14.5. The van der Waals surface area contributed by atoms with E-state index in [1.807, 2.05) is 36.4 Å². The topological polar surface area (TPSA) is 66.6 Å².